The number of hydrogen-bond acceptors (Lipinski definition) is 4. The molecule has 3 heterocycles. The zero-order valence-electron chi connectivity index (χ0n) is 14.2. The number of aromatic nitrogens is 4. The summed E-state index contributed by atoms with van der Waals surface area (Å²) in [6, 6.07) is 8.64. The molecule has 0 saturated heterocycles. The molecule has 0 fully saturated rings. The standard InChI is InChI=1S/C19H22N4O/c1-13-6-8-15(9-7-13)14(2)11-17-21-19(24-22-17)16-12-20-18-5-3-4-10-23(16)18/h6-9,12,14H,3-5,10-11H2,1-2H3. The van der Waals surface area contributed by atoms with Gasteiger partial charge in [0, 0.05) is 19.4 Å². The highest BCUT2D eigenvalue weighted by atomic mass is 16.5. The Balaban J connectivity index is 1.52. The maximum absolute atomic E-state index is 5.51. The van der Waals surface area contributed by atoms with Crippen LogP contribution in [-0.2, 0) is 19.4 Å². The van der Waals surface area contributed by atoms with Crippen LogP contribution in [0, 0.1) is 6.92 Å². The Hall–Kier alpha value is -2.43. The maximum atomic E-state index is 5.51. The Labute approximate surface area is 141 Å². The summed E-state index contributed by atoms with van der Waals surface area (Å²) in [6.07, 6.45) is 6.06. The van der Waals surface area contributed by atoms with Crippen LogP contribution in [0.3, 0.4) is 0 Å². The highest BCUT2D eigenvalue weighted by Gasteiger charge is 2.20. The number of rotatable bonds is 4. The van der Waals surface area contributed by atoms with E-state index in [9.17, 15) is 0 Å². The van der Waals surface area contributed by atoms with Crippen molar-refractivity contribution in [1.29, 1.82) is 0 Å². The third-order valence-corrected chi connectivity index (χ3v) is 4.79. The Morgan fingerprint density at radius 1 is 1.21 bits per heavy atom. The molecule has 0 aliphatic carbocycles. The number of benzene rings is 1. The zero-order valence-corrected chi connectivity index (χ0v) is 14.2. The summed E-state index contributed by atoms with van der Waals surface area (Å²) in [5, 5.41) is 4.18. The van der Waals surface area contributed by atoms with E-state index in [0.29, 0.717) is 11.8 Å². The van der Waals surface area contributed by atoms with Crippen LogP contribution in [0.5, 0.6) is 0 Å². The van der Waals surface area contributed by atoms with Crippen LogP contribution < -0.4 is 0 Å². The molecule has 5 heteroatoms. The van der Waals surface area contributed by atoms with Crippen LogP contribution in [0.25, 0.3) is 11.6 Å². The van der Waals surface area contributed by atoms with Crippen molar-refractivity contribution in [3.05, 3.63) is 53.2 Å². The highest BCUT2D eigenvalue weighted by molar-refractivity contribution is 5.47. The van der Waals surface area contributed by atoms with Gasteiger partial charge in [-0.05, 0) is 31.2 Å². The molecule has 0 amide bonds. The molecule has 1 atom stereocenters. The van der Waals surface area contributed by atoms with Crippen molar-refractivity contribution in [1.82, 2.24) is 19.7 Å². The van der Waals surface area contributed by atoms with Crippen molar-refractivity contribution in [3.63, 3.8) is 0 Å². The monoisotopic (exact) mass is 322 g/mol. The van der Waals surface area contributed by atoms with E-state index >= 15 is 0 Å². The molecule has 1 aromatic carbocycles. The first kappa shape index (κ1) is 15.1. The summed E-state index contributed by atoms with van der Waals surface area (Å²) in [5.74, 6) is 2.82. The van der Waals surface area contributed by atoms with Crippen molar-refractivity contribution in [3.8, 4) is 11.6 Å². The van der Waals surface area contributed by atoms with Crippen LogP contribution >= 0.6 is 0 Å². The van der Waals surface area contributed by atoms with Crippen molar-refractivity contribution in [2.75, 3.05) is 0 Å². The number of imidazole rings is 1. The summed E-state index contributed by atoms with van der Waals surface area (Å²) in [4.78, 5) is 9.10. The van der Waals surface area contributed by atoms with E-state index in [1.54, 1.807) is 0 Å². The Kier molecular flexibility index (Phi) is 3.92. The number of aryl methyl sites for hydroxylation is 2. The first-order valence-electron chi connectivity index (χ1n) is 8.64. The van der Waals surface area contributed by atoms with E-state index in [1.165, 1.54) is 24.0 Å². The molecule has 0 radical (unpaired) electrons. The van der Waals surface area contributed by atoms with E-state index in [2.05, 4.69) is 57.8 Å². The second-order valence-electron chi connectivity index (χ2n) is 6.70. The first-order valence-corrected chi connectivity index (χ1v) is 8.64. The summed E-state index contributed by atoms with van der Waals surface area (Å²) < 4.78 is 7.72. The van der Waals surface area contributed by atoms with Gasteiger partial charge in [-0.2, -0.15) is 4.98 Å². The lowest BCUT2D eigenvalue weighted by Crippen LogP contribution is -2.11. The maximum Gasteiger partial charge on any atom is 0.276 e. The van der Waals surface area contributed by atoms with Gasteiger partial charge in [-0.1, -0.05) is 41.9 Å². The number of fused-ring (bicyclic) bond motifs is 1. The fourth-order valence-corrected chi connectivity index (χ4v) is 3.31. The largest absolute Gasteiger partial charge is 0.332 e. The molecule has 0 bridgehead atoms. The molecule has 0 spiro atoms. The van der Waals surface area contributed by atoms with Crippen LogP contribution in [0.2, 0.25) is 0 Å². The van der Waals surface area contributed by atoms with Crippen molar-refractivity contribution in [2.45, 2.75) is 52.0 Å². The van der Waals surface area contributed by atoms with Crippen molar-refractivity contribution in [2.24, 2.45) is 0 Å². The predicted molar refractivity (Wildman–Crippen MR) is 91.8 cm³/mol. The smallest absolute Gasteiger partial charge is 0.276 e. The van der Waals surface area contributed by atoms with E-state index < -0.39 is 0 Å². The van der Waals surface area contributed by atoms with Gasteiger partial charge < -0.3 is 9.09 Å². The van der Waals surface area contributed by atoms with Crippen LogP contribution in [-0.4, -0.2) is 19.7 Å². The minimum atomic E-state index is 0.357. The predicted octanol–water partition coefficient (Wildman–Crippen LogP) is 3.92. The fraction of sp³-hybridized carbons (Fsp3) is 0.421. The lowest BCUT2D eigenvalue weighted by atomic mass is 9.97. The lowest BCUT2D eigenvalue weighted by Gasteiger charge is -2.14. The molecule has 1 unspecified atom stereocenters. The Morgan fingerprint density at radius 2 is 2.04 bits per heavy atom. The first-order chi connectivity index (χ1) is 11.7. The summed E-state index contributed by atoms with van der Waals surface area (Å²) in [6.45, 7) is 5.29. The zero-order chi connectivity index (χ0) is 16.5. The SMILES string of the molecule is Cc1ccc(C(C)Cc2noc(-c3cnc4n3CCCC4)n2)cc1. The molecule has 0 saturated carbocycles. The molecule has 2 aromatic heterocycles. The third-order valence-electron chi connectivity index (χ3n) is 4.79. The summed E-state index contributed by atoms with van der Waals surface area (Å²) in [5.41, 5.74) is 3.53. The molecule has 24 heavy (non-hydrogen) atoms. The van der Waals surface area contributed by atoms with Gasteiger partial charge >= 0.3 is 0 Å². The summed E-state index contributed by atoms with van der Waals surface area (Å²) >= 11 is 0. The van der Waals surface area contributed by atoms with Gasteiger partial charge in [0.1, 0.15) is 11.5 Å². The molecule has 1 aliphatic heterocycles. The van der Waals surface area contributed by atoms with E-state index in [-0.39, 0.29) is 0 Å². The van der Waals surface area contributed by atoms with E-state index in [0.717, 1.165) is 36.7 Å². The molecule has 3 aromatic rings. The van der Waals surface area contributed by atoms with Crippen LogP contribution in [0.15, 0.2) is 35.0 Å². The van der Waals surface area contributed by atoms with Gasteiger partial charge in [0.2, 0.25) is 0 Å². The van der Waals surface area contributed by atoms with Gasteiger partial charge in [-0.25, -0.2) is 4.98 Å². The average molecular weight is 322 g/mol. The highest BCUT2D eigenvalue weighted by Crippen LogP contribution is 2.25. The number of hydrogen-bond donors (Lipinski definition) is 0. The summed E-state index contributed by atoms with van der Waals surface area (Å²) in [7, 11) is 0. The molecule has 124 valence electrons. The second kappa shape index (κ2) is 6.23. The van der Waals surface area contributed by atoms with Gasteiger partial charge in [0.25, 0.3) is 5.89 Å². The van der Waals surface area contributed by atoms with Gasteiger partial charge in [-0.15, -0.1) is 0 Å². The second-order valence-corrected chi connectivity index (χ2v) is 6.70. The van der Waals surface area contributed by atoms with Crippen molar-refractivity contribution < 1.29 is 4.52 Å². The Morgan fingerprint density at radius 3 is 2.88 bits per heavy atom. The minimum absolute atomic E-state index is 0.357. The normalized spacial score (nSPS) is 15.2. The van der Waals surface area contributed by atoms with Crippen LogP contribution in [0.4, 0.5) is 0 Å². The average Bonchev–Trinajstić information content (AvgIpc) is 3.22. The lowest BCUT2D eigenvalue weighted by molar-refractivity contribution is 0.415. The van der Waals surface area contributed by atoms with E-state index in [4.69, 9.17) is 4.52 Å². The number of nitrogens with zero attached hydrogens (tertiary/aromatic N) is 4. The van der Waals surface area contributed by atoms with E-state index in [1.807, 2.05) is 6.20 Å². The topological polar surface area (TPSA) is 56.7 Å². The molecule has 4 rings (SSSR count). The van der Waals surface area contributed by atoms with Gasteiger partial charge in [0.05, 0.1) is 6.20 Å². The Bertz CT molecular complexity index is 831. The van der Waals surface area contributed by atoms with Gasteiger partial charge in [-0.3, -0.25) is 0 Å². The quantitative estimate of drug-likeness (QED) is 0.730. The molecular weight excluding hydrogens is 300 g/mol. The molecule has 1 aliphatic rings. The third kappa shape index (κ3) is 2.86. The fourth-order valence-electron chi connectivity index (χ4n) is 3.31. The van der Waals surface area contributed by atoms with Crippen molar-refractivity contribution >= 4 is 0 Å². The van der Waals surface area contributed by atoms with Gasteiger partial charge in [0.15, 0.2) is 5.82 Å². The molecular formula is C19H22N4O. The van der Waals surface area contributed by atoms with Crippen LogP contribution in [0.1, 0.15) is 48.5 Å². The minimum Gasteiger partial charge on any atom is -0.332 e. The molecule has 5 nitrogen and oxygen atoms in total. The molecule has 0 N–H and O–H groups in total.